The summed E-state index contributed by atoms with van der Waals surface area (Å²) >= 11 is 0. The fourth-order valence-electron chi connectivity index (χ4n) is 2.31. The molecule has 0 unspecified atom stereocenters. The summed E-state index contributed by atoms with van der Waals surface area (Å²) in [6, 6.07) is 6.76. The molecular formula is C16H19N3O3. The SMILES string of the molecule is COC(=O)c1ccccc1NC(=O)Cc1c(C)nn(C)c1C. The van der Waals surface area contributed by atoms with Crippen LogP contribution in [0.1, 0.15) is 27.3 Å². The van der Waals surface area contributed by atoms with Gasteiger partial charge in [-0.05, 0) is 26.0 Å². The first-order valence-corrected chi connectivity index (χ1v) is 6.90. The third kappa shape index (κ3) is 3.16. The van der Waals surface area contributed by atoms with E-state index in [9.17, 15) is 9.59 Å². The van der Waals surface area contributed by atoms with Crippen molar-refractivity contribution in [3.05, 3.63) is 46.8 Å². The third-order valence-corrected chi connectivity index (χ3v) is 3.60. The lowest BCUT2D eigenvalue weighted by Gasteiger charge is -2.09. The molecule has 1 N–H and O–H groups in total. The number of esters is 1. The summed E-state index contributed by atoms with van der Waals surface area (Å²) in [5, 5.41) is 7.05. The minimum absolute atomic E-state index is 0.199. The van der Waals surface area contributed by atoms with Crippen LogP contribution in [0, 0.1) is 13.8 Å². The molecule has 0 fully saturated rings. The van der Waals surface area contributed by atoms with Crippen molar-refractivity contribution >= 4 is 17.6 Å². The average molecular weight is 301 g/mol. The first-order chi connectivity index (χ1) is 10.4. The maximum atomic E-state index is 12.3. The van der Waals surface area contributed by atoms with E-state index < -0.39 is 5.97 Å². The molecule has 6 nitrogen and oxygen atoms in total. The van der Waals surface area contributed by atoms with Gasteiger partial charge in [-0.15, -0.1) is 0 Å². The number of para-hydroxylation sites is 1. The van der Waals surface area contributed by atoms with Crippen molar-refractivity contribution in [2.75, 3.05) is 12.4 Å². The van der Waals surface area contributed by atoms with Crippen LogP contribution in [0.5, 0.6) is 0 Å². The van der Waals surface area contributed by atoms with Crippen molar-refractivity contribution in [1.29, 1.82) is 0 Å². The molecule has 0 aliphatic carbocycles. The Hall–Kier alpha value is -2.63. The van der Waals surface area contributed by atoms with Crippen molar-refractivity contribution in [3.8, 4) is 0 Å². The van der Waals surface area contributed by atoms with Crippen molar-refractivity contribution in [3.63, 3.8) is 0 Å². The molecule has 0 saturated heterocycles. The molecule has 0 saturated carbocycles. The van der Waals surface area contributed by atoms with E-state index >= 15 is 0 Å². The van der Waals surface area contributed by atoms with Crippen molar-refractivity contribution in [2.24, 2.45) is 7.05 Å². The Morgan fingerprint density at radius 1 is 1.27 bits per heavy atom. The van der Waals surface area contributed by atoms with Gasteiger partial charge < -0.3 is 10.1 Å². The number of aryl methyl sites for hydroxylation is 2. The maximum Gasteiger partial charge on any atom is 0.339 e. The van der Waals surface area contributed by atoms with Gasteiger partial charge in [0.05, 0.1) is 30.5 Å². The van der Waals surface area contributed by atoms with E-state index in [1.165, 1.54) is 7.11 Å². The van der Waals surface area contributed by atoms with Gasteiger partial charge >= 0.3 is 5.97 Å². The molecular weight excluding hydrogens is 282 g/mol. The lowest BCUT2D eigenvalue weighted by molar-refractivity contribution is -0.115. The maximum absolute atomic E-state index is 12.3. The number of ether oxygens (including phenoxy) is 1. The number of carbonyl (C=O) groups excluding carboxylic acids is 2. The van der Waals surface area contributed by atoms with E-state index in [0.717, 1.165) is 17.0 Å². The van der Waals surface area contributed by atoms with Gasteiger partial charge in [0.25, 0.3) is 0 Å². The fourth-order valence-corrected chi connectivity index (χ4v) is 2.31. The molecule has 0 bridgehead atoms. The largest absolute Gasteiger partial charge is 0.465 e. The molecule has 2 rings (SSSR count). The topological polar surface area (TPSA) is 73.2 Å². The molecule has 1 amide bonds. The Bertz CT molecular complexity index is 719. The number of hydrogen-bond acceptors (Lipinski definition) is 4. The highest BCUT2D eigenvalue weighted by atomic mass is 16.5. The van der Waals surface area contributed by atoms with E-state index in [1.807, 2.05) is 20.9 Å². The van der Waals surface area contributed by atoms with Crippen LogP contribution in [0.2, 0.25) is 0 Å². The monoisotopic (exact) mass is 301 g/mol. The molecule has 0 aliphatic rings. The molecule has 6 heteroatoms. The predicted octanol–water partition coefficient (Wildman–Crippen LogP) is 2.00. The van der Waals surface area contributed by atoms with Crippen LogP contribution in [-0.2, 0) is 23.0 Å². The quantitative estimate of drug-likeness (QED) is 0.877. The van der Waals surface area contributed by atoms with E-state index in [-0.39, 0.29) is 12.3 Å². The molecule has 1 aromatic heterocycles. The van der Waals surface area contributed by atoms with Crippen molar-refractivity contribution in [1.82, 2.24) is 9.78 Å². The van der Waals surface area contributed by atoms with Gasteiger partial charge in [0.1, 0.15) is 0 Å². The summed E-state index contributed by atoms with van der Waals surface area (Å²) in [6.45, 7) is 3.79. The second-order valence-electron chi connectivity index (χ2n) is 5.04. The molecule has 0 atom stereocenters. The Morgan fingerprint density at radius 3 is 2.55 bits per heavy atom. The van der Waals surface area contributed by atoms with E-state index in [1.54, 1.807) is 28.9 Å². The summed E-state index contributed by atoms with van der Waals surface area (Å²) in [6.07, 6.45) is 0.209. The predicted molar refractivity (Wildman–Crippen MR) is 82.8 cm³/mol. The summed E-state index contributed by atoms with van der Waals surface area (Å²) in [5.41, 5.74) is 3.46. The minimum Gasteiger partial charge on any atom is -0.465 e. The van der Waals surface area contributed by atoms with Gasteiger partial charge in [-0.25, -0.2) is 4.79 Å². The lowest BCUT2D eigenvalue weighted by atomic mass is 10.1. The third-order valence-electron chi connectivity index (χ3n) is 3.60. The molecule has 116 valence electrons. The van der Waals surface area contributed by atoms with Crippen LogP contribution in [0.25, 0.3) is 0 Å². The van der Waals surface area contributed by atoms with Crippen LogP contribution < -0.4 is 5.32 Å². The number of methoxy groups -OCH3 is 1. The lowest BCUT2D eigenvalue weighted by Crippen LogP contribution is -2.18. The second kappa shape index (κ2) is 6.43. The van der Waals surface area contributed by atoms with Crippen molar-refractivity contribution < 1.29 is 14.3 Å². The number of carbonyl (C=O) groups is 2. The number of rotatable bonds is 4. The number of nitrogens with one attached hydrogen (secondary N) is 1. The molecule has 0 spiro atoms. The van der Waals surface area contributed by atoms with E-state index in [0.29, 0.717) is 11.3 Å². The van der Waals surface area contributed by atoms with Gasteiger partial charge in [-0.2, -0.15) is 5.10 Å². The summed E-state index contributed by atoms with van der Waals surface area (Å²) in [7, 11) is 3.15. The average Bonchev–Trinajstić information content (AvgIpc) is 2.73. The van der Waals surface area contributed by atoms with Gasteiger partial charge in [0, 0.05) is 18.3 Å². The number of aromatic nitrogens is 2. The highest BCUT2D eigenvalue weighted by Gasteiger charge is 2.16. The van der Waals surface area contributed by atoms with Gasteiger partial charge in [-0.1, -0.05) is 12.1 Å². The standard InChI is InChI=1S/C16H19N3O3/c1-10-13(11(2)19(3)18-10)9-15(20)17-14-8-6-5-7-12(14)16(21)22-4/h5-8H,9H2,1-4H3,(H,17,20). The molecule has 0 aliphatic heterocycles. The highest BCUT2D eigenvalue weighted by Crippen LogP contribution is 2.18. The minimum atomic E-state index is -0.482. The summed E-state index contributed by atoms with van der Waals surface area (Å²) in [5.74, 6) is -0.680. The second-order valence-corrected chi connectivity index (χ2v) is 5.04. The normalized spacial score (nSPS) is 10.4. The molecule has 1 heterocycles. The fraction of sp³-hybridized carbons (Fsp3) is 0.312. The Balaban J connectivity index is 2.18. The summed E-state index contributed by atoms with van der Waals surface area (Å²) < 4.78 is 6.47. The zero-order valence-corrected chi connectivity index (χ0v) is 13.1. The molecule has 0 radical (unpaired) electrons. The first kappa shape index (κ1) is 15.8. The van der Waals surface area contributed by atoms with E-state index in [4.69, 9.17) is 4.74 Å². The van der Waals surface area contributed by atoms with Crippen LogP contribution in [-0.4, -0.2) is 28.8 Å². The Labute approximate surface area is 129 Å². The van der Waals surface area contributed by atoms with Crippen LogP contribution in [0.4, 0.5) is 5.69 Å². The zero-order chi connectivity index (χ0) is 16.3. The smallest absolute Gasteiger partial charge is 0.339 e. The van der Waals surface area contributed by atoms with Gasteiger partial charge in [-0.3, -0.25) is 9.48 Å². The molecule has 22 heavy (non-hydrogen) atoms. The zero-order valence-electron chi connectivity index (χ0n) is 13.1. The van der Waals surface area contributed by atoms with Crippen LogP contribution in [0.3, 0.4) is 0 Å². The highest BCUT2D eigenvalue weighted by molar-refractivity contribution is 6.01. The number of anilines is 1. The Morgan fingerprint density at radius 2 is 1.95 bits per heavy atom. The number of hydrogen-bond donors (Lipinski definition) is 1. The number of amides is 1. The number of benzene rings is 1. The number of nitrogens with zero attached hydrogens (tertiary/aromatic N) is 2. The van der Waals surface area contributed by atoms with Crippen LogP contribution >= 0.6 is 0 Å². The van der Waals surface area contributed by atoms with Gasteiger partial charge in [0.2, 0.25) is 5.91 Å². The molecule has 1 aromatic carbocycles. The van der Waals surface area contributed by atoms with E-state index in [2.05, 4.69) is 10.4 Å². The first-order valence-electron chi connectivity index (χ1n) is 6.90. The Kier molecular flexibility index (Phi) is 4.60. The molecule has 2 aromatic rings. The van der Waals surface area contributed by atoms with Crippen LogP contribution in [0.15, 0.2) is 24.3 Å². The van der Waals surface area contributed by atoms with Crippen molar-refractivity contribution in [2.45, 2.75) is 20.3 Å². The summed E-state index contributed by atoms with van der Waals surface area (Å²) in [4.78, 5) is 24.0. The van der Waals surface area contributed by atoms with Gasteiger partial charge in [0.15, 0.2) is 0 Å².